The Hall–Kier alpha value is -2.23. The lowest BCUT2D eigenvalue weighted by molar-refractivity contribution is 0.333. The molecule has 0 aliphatic rings. The van der Waals surface area contributed by atoms with Crippen molar-refractivity contribution in [2.24, 2.45) is 0 Å². The quantitative estimate of drug-likeness (QED) is 0.771. The summed E-state index contributed by atoms with van der Waals surface area (Å²) in [6.45, 7) is 1.27. The summed E-state index contributed by atoms with van der Waals surface area (Å²) in [5, 5.41) is 3.14. The molecule has 3 N–H and O–H groups in total. The van der Waals surface area contributed by atoms with Crippen molar-refractivity contribution in [3.63, 3.8) is 0 Å². The molecule has 0 aliphatic carbocycles. The van der Waals surface area contributed by atoms with Gasteiger partial charge in [0, 0.05) is 18.0 Å². The van der Waals surface area contributed by atoms with Crippen molar-refractivity contribution in [1.29, 1.82) is 0 Å². The SMILES string of the molecule is Nc1ccnc(NCCOc2ccccc2)c1. The van der Waals surface area contributed by atoms with Crippen molar-refractivity contribution < 1.29 is 4.74 Å². The number of nitrogen functional groups attached to an aromatic ring is 1. The third-order valence-corrected chi connectivity index (χ3v) is 2.20. The number of para-hydroxylation sites is 1. The van der Waals surface area contributed by atoms with E-state index < -0.39 is 0 Å². The second-order valence-corrected chi connectivity index (χ2v) is 3.56. The van der Waals surface area contributed by atoms with E-state index in [2.05, 4.69) is 10.3 Å². The Morgan fingerprint density at radius 3 is 2.76 bits per heavy atom. The molecule has 0 saturated carbocycles. The van der Waals surface area contributed by atoms with E-state index in [-0.39, 0.29) is 0 Å². The van der Waals surface area contributed by atoms with Crippen molar-refractivity contribution in [3.05, 3.63) is 48.7 Å². The van der Waals surface area contributed by atoms with Crippen LogP contribution in [0.5, 0.6) is 5.75 Å². The van der Waals surface area contributed by atoms with E-state index in [1.54, 1.807) is 18.3 Å². The van der Waals surface area contributed by atoms with Crippen LogP contribution in [-0.4, -0.2) is 18.1 Å². The predicted octanol–water partition coefficient (Wildman–Crippen LogP) is 2.15. The summed E-state index contributed by atoms with van der Waals surface area (Å²) in [4.78, 5) is 4.14. The highest BCUT2D eigenvalue weighted by atomic mass is 16.5. The minimum Gasteiger partial charge on any atom is -0.492 e. The molecule has 17 heavy (non-hydrogen) atoms. The Labute approximate surface area is 100 Å². The van der Waals surface area contributed by atoms with Crippen LogP contribution < -0.4 is 15.8 Å². The zero-order valence-corrected chi connectivity index (χ0v) is 9.47. The lowest BCUT2D eigenvalue weighted by atomic mass is 10.3. The molecule has 4 nitrogen and oxygen atoms in total. The molecule has 0 aliphatic heterocycles. The molecule has 0 bridgehead atoms. The topological polar surface area (TPSA) is 60.2 Å². The second kappa shape index (κ2) is 5.75. The maximum absolute atomic E-state index is 5.64. The van der Waals surface area contributed by atoms with Crippen LogP contribution in [0.1, 0.15) is 0 Å². The zero-order chi connectivity index (χ0) is 11.9. The first kappa shape index (κ1) is 11.3. The molecule has 0 atom stereocenters. The van der Waals surface area contributed by atoms with E-state index in [0.717, 1.165) is 11.6 Å². The highest BCUT2D eigenvalue weighted by Gasteiger charge is 1.94. The molecule has 1 heterocycles. The number of pyridine rings is 1. The van der Waals surface area contributed by atoms with Gasteiger partial charge < -0.3 is 15.8 Å². The lowest BCUT2D eigenvalue weighted by Gasteiger charge is -2.08. The number of aromatic nitrogens is 1. The van der Waals surface area contributed by atoms with Crippen molar-refractivity contribution in [2.45, 2.75) is 0 Å². The third-order valence-electron chi connectivity index (χ3n) is 2.20. The number of benzene rings is 1. The maximum atomic E-state index is 5.64. The van der Waals surface area contributed by atoms with Crippen LogP contribution in [0.3, 0.4) is 0 Å². The monoisotopic (exact) mass is 229 g/mol. The van der Waals surface area contributed by atoms with Gasteiger partial charge in [0.05, 0.1) is 6.54 Å². The summed E-state index contributed by atoms with van der Waals surface area (Å²) in [5.41, 5.74) is 6.34. The summed E-state index contributed by atoms with van der Waals surface area (Å²) in [6.07, 6.45) is 1.68. The van der Waals surface area contributed by atoms with Gasteiger partial charge >= 0.3 is 0 Å². The van der Waals surface area contributed by atoms with Crippen LogP contribution in [0.25, 0.3) is 0 Å². The Morgan fingerprint density at radius 1 is 1.18 bits per heavy atom. The van der Waals surface area contributed by atoms with Crippen LogP contribution in [0, 0.1) is 0 Å². The molecule has 0 amide bonds. The molecule has 0 spiro atoms. The Morgan fingerprint density at radius 2 is 2.00 bits per heavy atom. The van der Waals surface area contributed by atoms with Gasteiger partial charge in [0.15, 0.2) is 0 Å². The summed E-state index contributed by atoms with van der Waals surface area (Å²) in [5.74, 6) is 1.64. The van der Waals surface area contributed by atoms with Gasteiger partial charge in [-0.2, -0.15) is 0 Å². The normalized spacial score (nSPS) is 9.88. The molecule has 88 valence electrons. The number of hydrogen-bond donors (Lipinski definition) is 2. The highest BCUT2D eigenvalue weighted by molar-refractivity contribution is 5.48. The maximum Gasteiger partial charge on any atom is 0.128 e. The Kier molecular flexibility index (Phi) is 3.81. The molecule has 0 saturated heterocycles. The van der Waals surface area contributed by atoms with E-state index in [0.29, 0.717) is 18.8 Å². The van der Waals surface area contributed by atoms with E-state index in [4.69, 9.17) is 10.5 Å². The number of nitrogens with two attached hydrogens (primary N) is 1. The van der Waals surface area contributed by atoms with Gasteiger partial charge in [-0.05, 0) is 18.2 Å². The third kappa shape index (κ3) is 3.68. The van der Waals surface area contributed by atoms with Crippen molar-refractivity contribution >= 4 is 11.5 Å². The lowest BCUT2D eigenvalue weighted by Crippen LogP contribution is -2.12. The standard InChI is InChI=1S/C13H15N3O/c14-11-6-7-15-13(10-11)16-8-9-17-12-4-2-1-3-5-12/h1-7,10H,8-9H2,(H3,14,15,16). The fraction of sp³-hybridized carbons (Fsp3) is 0.154. The molecule has 2 rings (SSSR count). The summed E-state index contributed by atoms with van der Waals surface area (Å²) in [7, 11) is 0. The molecular formula is C13H15N3O. The van der Waals surface area contributed by atoms with Gasteiger partial charge in [0.1, 0.15) is 18.2 Å². The number of anilines is 2. The number of rotatable bonds is 5. The first-order valence-electron chi connectivity index (χ1n) is 5.48. The molecule has 4 heteroatoms. The Bertz CT molecular complexity index is 459. The predicted molar refractivity (Wildman–Crippen MR) is 69.1 cm³/mol. The minimum atomic E-state index is 0.584. The first-order valence-corrected chi connectivity index (χ1v) is 5.48. The van der Waals surface area contributed by atoms with Gasteiger partial charge in [0.25, 0.3) is 0 Å². The average molecular weight is 229 g/mol. The molecule has 0 fully saturated rings. The Balaban J connectivity index is 1.73. The summed E-state index contributed by atoms with van der Waals surface area (Å²) >= 11 is 0. The van der Waals surface area contributed by atoms with Gasteiger partial charge in [-0.1, -0.05) is 18.2 Å². The van der Waals surface area contributed by atoms with Crippen molar-refractivity contribution in [2.75, 3.05) is 24.2 Å². The largest absolute Gasteiger partial charge is 0.492 e. The number of nitrogens with zero attached hydrogens (tertiary/aromatic N) is 1. The van der Waals surface area contributed by atoms with Gasteiger partial charge in [-0.3, -0.25) is 0 Å². The molecule has 0 unspecified atom stereocenters. The molecule has 2 aromatic rings. The van der Waals surface area contributed by atoms with E-state index in [9.17, 15) is 0 Å². The van der Waals surface area contributed by atoms with E-state index in [1.165, 1.54) is 0 Å². The average Bonchev–Trinajstić information content (AvgIpc) is 2.36. The smallest absolute Gasteiger partial charge is 0.128 e. The fourth-order valence-electron chi connectivity index (χ4n) is 1.41. The van der Waals surface area contributed by atoms with E-state index >= 15 is 0 Å². The van der Waals surface area contributed by atoms with Crippen LogP contribution in [0.4, 0.5) is 11.5 Å². The highest BCUT2D eigenvalue weighted by Crippen LogP contribution is 2.09. The first-order chi connectivity index (χ1) is 8.34. The molecule has 0 radical (unpaired) electrons. The molecule has 1 aromatic heterocycles. The van der Waals surface area contributed by atoms with Gasteiger partial charge in [-0.15, -0.1) is 0 Å². The second-order valence-electron chi connectivity index (χ2n) is 3.56. The fourth-order valence-corrected chi connectivity index (χ4v) is 1.41. The minimum absolute atomic E-state index is 0.584. The number of hydrogen-bond acceptors (Lipinski definition) is 4. The number of ether oxygens (including phenoxy) is 1. The van der Waals surface area contributed by atoms with Crippen LogP contribution in [-0.2, 0) is 0 Å². The van der Waals surface area contributed by atoms with Crippen LogP contribution >= 0.6 is 0 Å². The van der Waals surface area contributed by atoms with E-state index in [1.807, 2.05) is 30.3 Å². The van der Waals surface area contributed by atoms with Gasteiger partial charge in [0.2, 0.25) is 0 Å². The van der Waals surface area contributed by atoms with Crippen LogP contribution in [0.15, 0.2) is 48.7 Å². The van der Waals surface area contributed by atoms with Crippen molar-refractivity contribution in [3.8, 4) is 5.75 Å². The zero-order valence-electron chi connectivity index (χ0n) is 9.47. The van der Waals surface area contributed by atoms with Gasteiger partial charge in [-0.25, -0.2) is 4.98 Å². The summed E-state index contributed by atoms with van der Waals surface area (Å²) in [6, 6.07) is 13.3. The van der Waals surface area contributed by atoms with Crippen molar-refractivity contribution in [1.82, 2.24) is 4.98 Å². The number of nitrogens with one attached hydrogen (secondary N) is 1. The summed E-state index contributed by atoms with van der Waals surface area (Å²) < 4.78 is 5.54. The molecular weight excluding hydrogens is 214 g/mol. The molecule has 1 aromatic carbocycles. The van der Waals surface area contributed by atoms with Crippen LogP contribution in [0.2, 0.25) is 0 Å².